The fourth-order valence-corrected chi connectivity index (χ4v) is 5.95. The molecule has 5 heteroatoms. The number of nitro benzene ring substituents is 1. The smallest absolute Gasteiger partial charge is 0.285 e. The fourth-order valence-electron chi connectivity index (χ4n) is 5.95. The minimum Gasteiger partial charge on any atom is -0.351 e. The van der Waals surface area contributed by atoms with Crippen LogP contribution in [0, 0.1) is 40.2 Å². The fraction of sp³-hybridized carbons (Fsp3) is 0.632. The second kappa shape index (κ2) is 5.57. The van der Waals surface area contributed by atoms with Gasteiger partial charge in [0.15, 0.2) is 0 Å². The summed E-state index contributed by atoms with van der Waals surface area (Å²) in [6, 6.07) is 4.94. The molecule has 0 unspecified atom stereocenters. The molecule has 4 aliphatic carbocycles. The van der Waals surface area contributed by atoms with E-state index < -0.39 is 4.92 Å². The first kappa shape index (κ1) is 15.6. The Kier molecular flexibility index (Phi) is 3.62. The zero-order valence-corrected chi connectivity index (χ0v) is 14.1. The van der Waals surface area contributed by atoms with Crippen molar-refractivity contribution in [2.24, 2.45) is 23.2 Å². The van der Waals surface area contributed by atoms with E-state index in [4.69, 9.17) is 0 Å². The van der Waals surface area contributed by atoms with Gasteiger partial charge < -0.3 is 5.32 Å². The zero-order chi connectivity index (χ0) is 16.9. The summed E-state index contributed by atoms with van der Waals surface area (Å²) in [5.41, 5.74) is 0.885. The Labute approximate surface area is 142 Å². The molecule has 24 heavy (non-hydrogen) atoms. The van der Waals surface area contributed by atoms with E-state index in [9.17, 15) is 14.9 Å². The standard InChI is InChI=1S/C19H24N2O3/c1-12-3-2-4-16(17(12)21(23)24)18(22)20-11-19-8-13-5-14(9-19)7-15(6-13)10-19/h2-4,13-15H,5-11H2,1H3,(H,20,22). The largest absolute Gasteiger partial charge is 0.351 e. The van der Waals surface area contributed by atoms with E-state index in [-0.39, 0.29) is 22.6 Å². The number of nitro groups is 1. The van der Waals surface area contributed by atoms with Crippen molar-refractivity contribution in [1.29, 1.82) is 0 Å². The SMILES string of the molecule is Cc1cccc(C(=O)NCC23CC4CC(CC(C4)C2)C3)c1[N+](=O)[O-]. The highest BCUT2D eigenvalue weighted by Gasteiger charge is 2.50. The molecular weight excluding hydrogens is 304 g/mol. The van der Waals surface area contributed by atoms with Crippen molar-refractivity contribution in [2.45, 2.75) is 45.4 Å². The molecule has 128 valence electrons. The van der Waals surface area contributed by atoms with Crippen molar-refractivity contribution in [2.75, 3.05) is 6.54 Å². The first-order chi connectivity index (χ1) is 11.5. The molecule has 1 amide bonds. The van der Waals surface area contributed by atoms with E-state index in [0.29, 0.717) is 12.1 Å². The summed E-state index contributed by atoms with van der Waals surface area (Å²) in [7, 11) is 0. The molecule has 1 N–H and O–H groups in total. The summed E-state index contributed by atoms with van der Waals surface area (Å²) in [6.07, 6.45) is 7.77. The molecule has 4 fully saturated rings. The molecule has 1 aromatic carbocycles. The number of carbonyl (C=O) groups is 1. The van der Waals surface area contributed by atoms with Gasteiger partial charge in [-0.25, -0.2) is 0 Å². The Balaban J connectivity index is 1.50. The van der Waals surface area contributed by atoms with Crippen molar-refractivity contribution in [3.63, 3.8) is 0 Å². The monoisotopic (exact) mass is 328 g/mol. The molecule has 5 rings (SSSR count). The van der Waals surface area contributed by atoms with Crippen LogP contribution in [-0.4, -0.2) is 17.4 Å². The van der Waals surface area contributed by atoms with Gasteiger partial charge in [0.25, 0.3) is 11.6 Å². The lowest BCUT2D eigenvalue weighted by Gasteiger charge is -2.56. The lowest BCUT2D eigenvalue weighted by molar-refractivity contribution is -0.385. The first-order valence-electron chi connectivity index (χ1n) is 8.98. The molecule has 0 saturated heterocycles. The van der Waals surface area contributed by atoms with Crippen LogP contribution in [0.1, 0.15) is 54.4 Å². The lowest BCUT2D eigenvalue weighted by Crippen LogP contribution is -2.51. The number of nitrogens with one attached hydrogen (secondary N) is 1. The van der Waals surface area contributed by atoms with Gasteiger partial charge in [-0.1, -0.05) is 12.1 Å². The molecule has 0 aromatic heterocycles. The van der Waals surface area contributed by atoms with Gasteiger partial charge in [-0.2, -0.15) is 0 Å². The average molecular weight is 328 g/mol. The second-order valence-corrected chi connectivity index (χ2v) is 8.33. The summed E-state index contributed by atoms with van der Waals surface area (Å²) in [6.45, 7) is 2.34. The Morgan fingerprint density at radius 3 is 2.33 bits per heavy atom. The molecule has 1 aromatic rings. The number of benzene rings is 1. The van der Waals surface area contributed by atoms with E-state index in [2.05, 4.69) is 5.32 Å². The van der Waals surface area contributed by atoms with E-state index >= 15 is 0 Å². The topological polar surface area (TPSA) is 72.2 Å². The molecule has 0 radical (unpaired) electrons. The minimum atomic E-state index is -0.449. The number of hydrogen-bond acceptors (Lipinski definition) is 3. The van der Waals surface area contributed by atoms with Gasteiger partial charge in [0.05, 0.1) is 4.92 Å². The predicted octanol–water partition coefficient (Wildman–Crippen LogP) is 3.85. The third-order valence-corrected chi connectivity index (χ3v) is 6.45. The van der Waals surface area contributed by atoms with E-state index in [1.54, 1.807) is 25.1 Å². The summed E-state index contributed by atoms with van der Waals surface area (Å²) in [5.74, 6) is 2.20. The molecule has 0 spiro atoms. The normalized spacial score (nSPS) is 33.5. The summed E-state index contributed by atoms with van der Waals surface area (Å²) < 4.78 is 0. The van der Waals surface area contributed by atoms with Gasteiger partial charge >= 0.3 is 0 Å². The molecule has 0 heterocycles. The van der Waals surface area contributed by atoms with Gasteiger partial charge in [0.2, 0.25) is 0 Å². The van der Waals surface area contributed by atoms with Gasteiger partial charge in [-0.05, 0) is 74.7 Å². The highest BCUT2D eigenvalue weighted by atomic mass is 16.6. The summed E-state index contributed by atoms with van der Waals surface area (Å²) in [4.78, 5) is 23.4. The van der Waals surface area contributed by atoms with Crippen LogP contribution in [0.4, 0.5) is 5.69 Å². The number of carbonyl (C=O) groups excluding carboxylic acids is 1. The van der Waals surface area contributed by atoms with Crippen LogP contribution in [0.3, 0.4) is 0 Å². The quantitative estimate of drug-likeness (QED) is 0.674. The second-order valence-electron chi connectivity index (χ2n) is 8.33. The molecule has 0 aliphatic heterocycles. The number of aryl methyl sites for hydroxylation is 1. The average Bonchev–Trinajstić information content (AvgIpc) is 2.50. The maximum atomic E-state index is 12.6. The van der Waals surface area contributed by atoms with Crippen molar-refractivity contribution in [3.8, 4) is 0 Å². The zero-order valence-electron chi connectivity index (χ0n) is 14.1. The van der Waals surface area contributed by atoms with E-state index in [1.165, 1.54) is 38.5 Å². The maximum absolute atomic E-state index is 12.6. The highest BCUT2D eigenvalue weighted by Crippen LogP contribution is 2.59. The number of hydrogen-bond donors (Lipinski definition) is 1. The molecule has 0 atom stereocenters. The van der Waals surface area contributed by atoms with Crippen LogP contribution in [0.2, 0.25) is 0 Å². The van der Waals surface area contributed by atoms with Gasteiger partial charge in [0.1, 0.15) is 5.56 Å². The van der Waals surface area contributed by atoms with Crippen molar-refractivity contribution in [3.05, 3.63) is 39.4 Å². The Bertz CT molecular complexity index is 663. The number of nitrogens with zero attached hydrogens (tertiary/aromatic N) is 1. The molecule has 4 aliphatic rings. The van der Waals surface area contributed by atoms with Gasteiger partial charge in [0, 0.05) is 12.1 Å². The van der Waals surface area contributed by atoms with Crippen LogP contribution in [-0.2, 0) is 0 Å². The van der Waals surface area contributed by atoms with Crippen LogP contribution >= 0.6 is 0 Å². The number of para-hydroxylation sites is 1. The minimum absolute atomic E-state index is 0.0690. The molecule has 4 saturated carbocycles. The Morgan fingerprint density at radius 1 is 1.21 bits per heavy atom. The van der Waals surface area contributed by atoms with Crippen molar-refractivity contribution < 1.29 is 9.72 Å². The molecule has 5 nitrogen and oxygen atoms in total. The number of rotatable bonds is 4. The highest BCUT2D eigenvalue weighted by molar-refractivity contribution is 5.98. The van der Waals surface area contributed by atoms with E-state index in [0.717, 1.165) is 17.8 Å². The van der Waals surface area contributed by atoms with Crippen LogP contribution in [0.15, 0.2) is 18.2 Å². The van der Waals surface area contributed by atoms with Crippen LogP contribution < -0.4 is 5.32 Å². The molecule has 4 bridgehead atoms. The Hall–Kier alpha value is -1.91. The van der Waals surface area contributed by atoms with Crippen LogP contribution in [0.25, 0.3) is 0 Å². The first-order valence-corrected chi connectivity index (χ1v) is 8.98. The lowest BCUT2D eigenvalue weighted by atomic mass is 9.49. The Morgan fingerprint density at radius 2 is 1.79 bits per heavy atom. The molecular formula is C19H24N2O3. The van der Waals surface area contributed by atoms with Crippen molar-refractivity contribution in [1.82, 2.24) is 5.32 Å². The van der Waals surface area contributed by atoms with Crippen molar-refractivity contribution >= 4 is 11.6 Å². The van der Waals surface area contributed by atoms with Gasteiger partial charge in [-0.3, -0.25) is 14.9 Å². The summed E-state index contributed by atoms with van der Waals surface area (Å²) in [5, 5.41) is 14.3. The van der Waals surface area contributed by atoms with Crippen LogP contribution in [0.5, 0.6) is 0 Å². The summed E-state index contributed by atoms with van der Waals surface area (Å²) >= 11 is 0. The predicted molar refractivity (Wildman–Crippen MR) is 90.8 cm³/mol. The van der Waals surface area contributed by atoms with E-state index in [1.807, 2.05) is 0 Å². The third kappa shape index (κ3) is 2.60. The third-order valence-electron chi connectivity index (χ3n) is 6.45. The maximum Gasteiger partial charge on any atom is 0.285 e. The van der Waals surface area contributed by atoms with Gasteiger partial charge in [-0.15, -0.1) is 0 Å². The number of amides is 1.